The Morgan fingerprint density at radius 1 is 1.08 bits per heavy atom. The highest BCUT2D eigenvalue weighted by molar-refractivity contribution is 9.10. The molecule has 3 aromatic rings. The third kappa shape index (κ3) is 5.03. The van der Waals surface area contributed by atoms with E-state index in [-0.39, 0.29) is 0 Å². The summed E-state index contributed by atoms with van der Waals surface area (Å²) in [6, 6.07) is 6.63. The van der Waals surface area contributed by atoms with Crippen LogP contribution in [0.25, 0.3) is 4.96 Å². The van der Waals surface area contributed by atoms with Crippen molar-refractivity contribution >= 4 is 48.4 Å². The second-order valence-electron chi connectivity index (χ2n) is 5.78. The highest BCUT2D eigenvalue weighted by Gasteiger charge is 2.12. The van der Waals surface area contributed by atoms with Gasteiger partial charge in [0.15, 0.2) is 0 Å². The lowest BCUT2D eigenvalue weighted by Crippen LogP contribution is -2.24. The minimum atomic E-state index is -3.42. The van der Waals surface area contributed by atoms with E-state index >= 15 is 0 Å². The average molecular weight is 458 g/mol. The molecule has 0 spiro atoms. The van der Waals surface area contributed by atoms with Crippen LogP contribution in [0.1, 0.15) is 25.7 Å². The summed E-state index contributed by atoms with van der Waals surface area (Å²) < 4.78 is 34.0. The van der Waals surface area contributed by atoms with Gasteiger partial charge < -0.3 is 5.32 Å². The zero-order valence-corrected chi connectivity index (χ0v) is 17.3. The molecule has 0 aliphatic heterocycles. The lowest BCUT2D eigenvalue weighted by Gasteiger charge is -2.07. The van der Waals surface area contributed by atoms with Crippen LogP contribution in [0.5, 0.6) is 0 Å². The molecule has 2 aromatic heterocycles. The first-order chi connectivity index (χ1) is 12.6. The molecule has 2 N–H and O–H groups in total. The van der Waals surface area contributed by atoms with Crippen molar-refractivity contribution in [3.8, 4) is 0 Å². The van der Waals surface area contributed by atoms with Gasteiger partial charge in [-0.15, -0.1) is 0 Å². The molecule has 3 rings (SSSR count). The minimum Gasteiger partial charge on any atom is -0.355 e. The summed E-state index contributed by atoms with van der Waals surface area (Å²) in [5.74, 6) is 0.824. The number of nitrogens with zero attached hydrogens (tertiary/aromatic N) is 3. The number of anilines is 1. The quantitative estimate of drug-likeness (QED) is 0.454. The molecule has 0 unspecified atom stereocenters. The van der Waals surface area contributed by atoms with Crippen LogP contribution in [0.15, 0.2) is 46.0 Å². The van der Waals surface area contributed by atoms with Gasteiger partial charge in [-0.2, -0.15) is 4.37 Å². The number of benzene rings is 1. The second-order valence-corrected chi connectivity index (χ2v) is 9.19. The number of rotatable bonds is 10. The van der Waals surface area contributed by atoms with E-state index in [1.165, 1.54) is 11.5 Å². The molecule has 26 heavy (non-hydrogen) atoms. The summed E-state index contributed by atoms with van der Waals surface area (Å²) in [5.41, 5.74) is 0. The molecule has 7 nitrogen and oxygen atoms in total. The highest BCUT2D eigenvalue weighted by atomic mass is 79.9. The number of aromatic nitrogens is 3. The standard InChI is InChI=1S/C16H20BrN5O2S2/c17-13-5-7-14(8-6-13)26(23,24)20-10-4-2-1-3-9-18-15-21-25-16-19-11-12-22(15)16/h5-8,11-12,20H,1-4,9-10H2,(H,18,21). The van der Waals surface area contributed by atoms with Gasteiger partial charge in [0, 0.05) is 41.5 Å². The Morgan fingerprint density at radius 3 is 2.58 bits per heavy atom. The molecule has 0 amide bonds. The van der Waals surface area contributed by atoms with Crippen LogP contribution in [0.2, 0.25) is 0 Å². The largest absolute Gasteiger partial charge is 0.355 e. The van der Waals surface area contributed by atoms with Gasteiger partial charge in [0.25, 0.3) is 0 Å². The van der Waals surface area contributed by atoms with E-state index in [2.05, 4.69) is 35.3 Å². The zero-order chi connectivity index (χ0) is 18.4. The second kappa shape index (κ2) is 8.94. The molecule has 0 aliphatic carbocycles. The van der Waals surface area contributed by atoms with Crippen molar-refractivity contribution in [1.29, 1.82) is 0 Å². The Kier molecular flexibility index (Phi) is 6.63. The van der Waals surface area contributed by atoms with Crippen molar-refractivity contribution in [3.05, 3.63) is 41.1 Å². The molecule has 2 heterocycles. The number of halogens is 1. The van der Waals surface area contributed by atoms with Crippen LogP contribution in [-0.2, 0) is 10.0 Å². The molecule has 0 radical (unpaired) electrons. The molecule has 0 saturated heterocycles. The summed E-state index contributed by atoms with van der Waals surface area (Å²) in [7, 11) is -3.42. The van der Waals surface area contributed by atoms with E-state index in [4.69, 9.17) is 0 Å². The predicted octanol–water partition coefficient (Wildman–Crippen LogP) is 3.50. The Balaban J connectivity index is 1.30. The van der Waals surface area contributed by atoms with Crippen molar-refractivity contribution in [2.45, 2.75) is 30.6 Å². The average Bonchev–Trinajstić information content (AvgIpc) is 3.22. The van der Waals surface area contributed by atoms with Crippen LogP contribution < -0.4 is 10.0 Å². The number of nitrogens with one attached hydrogen (secondary N) is 2. The van der Waals surface area contributed by atoms with E-state index < -0.39 is 10.0 Å². The Labute approximate surface area is 165 Å². The predicted molar refractivity (Wildman–Crippen MR) is 107 cm³/mol. The molecule has 0 fully saturated rings. The maximum atomic E-state index is 12.1. The maximum Gasteiger partial charge on any atom is 0.240 e. The van der Waals surface area contributed by atoms with E-state index in [0.717, 1.165) is 47.6 Å². The topological polar surface area (TPSA) is 88.4 Å². The highest BCUT2D eigenvalue weighted by Crippen LogP contribution is 2.15. The first-order valence-corrected chi connectivity index (χ1v) is 11.4. The number of hydrogen-bond donors (Lipinski definition) is 2. The van der Waals surface area contributed by atoms with Crippen molar-refractivity contribution in [1.82, 2.24) is 18.5 Å². The number of imidazole rings is 1. The molecule has 1 aromatic carbocycles. The van der Waals surface area contributed by atoms with Gasteiger partial charge >= 0.3 is 0 Å². The summed E-state index contributed by atoms with van der Waals surface area (Å²) in [6.45, 7) is 1.29. The van der Waals surface area contributed by atoms with Crippen LogP contribution in [0.3, 0.4) is 0 Å². The lowest BCUT2D eigenvalue weighted by molar-refractivity contribution is 0.573. The molecule has 0 aliphatic rings. The van der Waals surface area contributed by atoms with Crippen LogP contribution in [0, 0.1) is 0 Å². The van der Waals surface area contributed by atoms with Gasteiger partial charge in [0.2, 0.25) is 20.9 Å². The molecular formula is C16H20BrN5O2S2. The summed E-state index contributed by atoms with van der Waals surface area (Å²) in [4.78, 5) is 5.35. The Bertz CT molecular complexity index is 937. The number of hydrogen-bond acceptors (Lipinski definition) is 6. The summed E-state index contributed by atoms with van der Waals surface area (Å²) >= 11 is 4.67. The number of unbranched alkanes of at least 4 members (excludes halogenated alkanes) is 3. The normalized spacial score (nSPS) is 11.9. The zero-order valence-electron chi connectivity index (χ0n) is 14.1. The molecule has 0 atom stereocenters. The Morgan fingerprint density at radius 2 is 1.81 bits per heavy atom. The van der Waals surface area contributed by atoms with Gasteiger partial charge in [0.1, 0.15) is 0 Å². The minimum absolute atomic E-state index is 0.291. The first kappa shape index (κ1) is 19.3. The molecule has 140 valence electrons. The van der Waals surface area contributed by atoms with E-state index in [1.807, 2.05) is 10.6 Å². The summed E-state index contributed by atoms with van der Waals surface area (Å²) in [5, 5.41) is 3.30. The molecule has 0 bridgehead atoms. The fourth-order valence-corrected chi connectivity index (χ4v) is 4.47. The monoisotopic (exact) mass is 457 g/mol. The van der Waals surface area contributed by atoms with E-state index in [9.17, 15) is 8.42 Å². The molecule has 10 heteroatoms. The van der Waals surface area contributed by atoms with Gasteiger partial charge in [-0.1, -0.05) is 28.8 Å². The van der Waals surface area contributed by atoms with Crippen molar-refractivity contribution < 1.29 is 8.42 Å². The SMILES string of the molecule is O=S(=O)(NCCCCCCNc1nsc2nccn12)c1ccc(Br)cc1. The van der Waals surface area contributed by atoms with Crippen molar-refractivity contribution in [2.24, 2.45) is 0 Å². The maximum absolute atomic E-state index is 12.1. The fraction of sp³-hybridized carbons (Fsp3) is 0.375. The van der Waals surface area contributed by atoms with Crippen LogP contribution in [-0.4, -0.2) is 35.3 Å². The number of sulfonamides is 1. The van der Waals surface area contributed by atoms with Crippen LogP contribution in [0.4, 0.5) is 5.95 Å². The van der Waals surface area contributed by atoms with Crippen molar-refractivity contribution in [2.75, 3.05) is 18.4 Å². The molecular weight excluding hydrogens is 438 g/mol. The van der Waals surface area contributed by atoms with E-state index in [1.54, 1.807) is 30.5 Å². The smallest absolute Gasteiger partial charge is 0.240 e. The Hall–Kier alpha value is -1.49. The molecule has 0 saturated carbocycles. The van der Waals surface area contributed by atoms with Gasteiger partial charge in [-0.25, -0.2) is 18.1 Å². The third-order valence-electron chi connectivity index (χ3n) is 3.85. The van der Waals surface area contributed by atoms with Crippen molar-refractivity contribution in [3.63, 3.8) is 0 Å². The fourth-order valence-electron chi connectivity index (χ4n) is 2.47. The lowest BCUT2D eigenvalue weighted by atomic mass is 10.2. The van der Waals surface area contributed by atoms with Gasteiger partial charge in [-0.05, 0) is 37.1 Å². The van der Waals surface area contributed by atoms with E-state index in [0.29, 0.717) is 11.4 Å². The van der Waals surface area contributed by atoms with Gasteiger partial charge in [0.05, 0.1) is 4.90 Å². The van der Waals surface area contributed by atoms with Gasteiger partial charge in [-0.3, -0.25) is 4.40 Å². The third-order valence-corrected chi connectivity index (χ3v) is 6.59. The first-order valence-electron chi connectivity index (χ1n) is 8.34. The summed E-state index contributed by atoms with van der Waals surface area (Å²) in [6.07, 6.45) is 7.48. The van der Waals surface area contributed by atoms with Crippen LogP contribution >= 0.6 is 27.5 Å². The number of fused-ring (bicyclic) bond motifs is 1.